The summed E-state index contributed by atoms with van der Waals surface area (Å²) in [6.45, 7) is 2.88. The van der Waals surface area contributed by atoms with Gasteiger partial charge in [-0.15, -0.1) is 0 Å². The van der Waals surface area contributed by atoms with Gasteiger partial charge < -0.3 is 15.5 Å². The highest BCUT2D eigenvalue weighted by Gasteiger charge is 2.18. The lowest BCUT2D eigenvalue weighted by molar-refractivity contribution is -0.883. The van der Waals surface area contributed by atoms with Gasteiger partial charge in [-0.2, -0.15) is 5.26 Å². The van der Waals surface area contributed by atoms with Crippen molar-refractivity contribution in [2.45, 2.75) is 13.3 Å². The second-order valence-corrected chi connectivity index (χ2v) is 7.11. The van der Waals surface area contributed by atoms with E-state index in [0.29, 0.717) is 33.5 Å². The van der Waals surface area contributed by atoms with Crippen LogP contribution in [0, 0.1) is 11.3 Å². The number of nitrogens with one attached hydrogen (secondary N) is 3. The number of nitriles is 1. The maximum Gasteiger partial charge on any atom is 0.279 e. The van der Waals surface area contributed by atoms with Crippen LogP contribution < -0.4 is 15.5 Å². The fourth-order valence-corrected chi connectivity index (χ4v) is 3.04. The van der Waals surface area contributed by atoms with Crippen LogP contribution in [-0.2, 0) is 9.59 Å². The molecule has 28 heavy (non-hydrogen) atoms. The van der Waals surface area contributed by atoms with Gasteiger partial charge in [-0.1, -0.05) is 36.2 Å². The molecule has 0 aliphatic rings. The van der Waals surface area contributed by atoms with Crippen LogP contribution >= 0.6 is 23.2 Å². The standard InChI is InChI=1S/C20H20Cl2N4O2/c1-2-8-26(12-19(27)24-16-5-3-4-14(9-16)11-23)13-20(28)25-18-10-15(21)6-7-17(18)22/h3-7,9-10H,2,8,12-13H2,1H3,(H,24,27)(H,25,28)/p+1. The third-order valence-electron chi connectivity index (χ3n) is 3.90. The van der Waals surface area contributed by atoms with Crippen LogP contribution in [0.1, 0.15) is 18.9 Å². The van der Waals surface area contributed by atoms with Gasteiger partial charge in [-0.3, -0.25) is 9.59 Å². The number of carbonyl (C=O) groups is 2. The van der Waals surface area contributed by atoms with Crippen LogP contribution in [0.3, 0.4) is 0 Å². The second-order valence-electron chi connectivity index (χ2n) is 6.27. The van der Waals surface area contributed by atoms with E-state index in [2.05, 4.69) is 10.6 Å². The fourth-order valence-electron chi connectivity index (χ4n) is 2.71. The fraction of sp³-hybridized carbons (Fsp3) is 0.250. The molecule has 1 unspecified atom stereocenters. The highest BCUT2D eigenvalue weighted by Crippen LogP contribution is 2.25. The molecule has 146 valence electrons. The summed E-state index contributed by atoms with van der Waals surface area (Å²) in [5, 5.41) is 15.3. The van der Waals surface area contributed by atoms with Crippen LogP contribution in [0.25, 0.3) is 0 Å². The zero-order chi connectivity index (χ0) is 20.5. The smallest absolute Gasteiger partial charge is 0.279 e. The molecule has 0 aliphatic carbocycles. The topological polar surface area (TPSA) is 86.4 Å². The summed E-state index contributed by atoms with van der Waals surface area (Å²) in [5.41, 5.74) is 1.45. The Balaban J connectivity index is 1.96. The highest BCUT2D eigenvalue weighted by atomic mass is 35.5. The van der Waals surface area contributed by atoms with E-state index in [1.807, 2.05) is 13.0 Å². The Bertz CT molecular complexity index is 896. The minimum atomic E-state index is -0.258. The van der Waals surface area contributed by atoms with Crippen molar-refractivity contribution in [1.29, 1.82) is 5.26 Å². The predicted molar refractivity (Wildman–Crippen MR) is 111 cm³/mol. The average molecular weight is 420 g/mol. The van der Waals surface area contributed by atoms with E-state index in [-0.39, 0.29) is 24.9 Å². The van der Waals surface area contributed by atoms with Crippen molar-refractivity contribution in [3.8, 4) is 6.07 Å². The lowest BCUT2D eigenvalue weighted by Gasteiger charge is -2.18. The molecular formula is C20H21Cl2N4O2+. The molecule has 1 atom stereocenters. The van der Waals surface area contributed by atoms with Gasteiger partial charge in [0.05, 0.1) is 28.9 Å². The number of benzene rings is 2. The van der Waals surface area contributed by atoms with Gasteiger partial charge in [0.2, 0.25) is 0 Å². The molecule has 2 rings (SSSR count). The van der Waals surface area contributed by atoms with Crippen molar-refractivity contribution in [2.24, 2.45) is 0 Å². The maximum atomic E-state index is 12.4. The Hall–Kier alpha value is -2.59. The summed E-state index contributed by atoms with van der Waals surface area (Å²) < 4.78 is 0. The van der Waals surface area contributed by atoms with Crippen LogP contribution in [0.15, 0.2) is 42.5 Å². The predicted octanol–water partition coefficient (Wildman–Crippen LogP) is 2.74. The summed E-state index contributed by atoms with van der Waals surface area (Å²) in [7, 11) is 0. The number of amides is 2. The molecule has 0 saturated heterocycles. The first-order valence-electron chi connectivity index (χ1n) is 8.79. The van der Waals surface area contributed by atoms with Gasteiger partial charge in [0.25, 0.3) is 11.8 Å². The van der Waals surface area contributed by atoms with Crippen LogP contribution in [0.4, 0.5) is 11.4 Å². The molecule has 3 N–H and O–H groups in total. The zero-order valence-electron chi connectivity index (χ0n) is 15.4. The van der Waals surface area contributed by atoms with Crippen molar-refractivity contribution in [2.75, 3.05) is 30.3 Å². The average Bonchev–Trinajstić information content (AvgIpc) is 2.65. The molecule has 0 radical (unpaired) electrons. The Morgan fingerprint density at radius 1 is 1.07 bits per heavy atom. The quantitative estimate of drug-likeness (QED) is 0.614. The Morgan fingerprint density at radius 2 is 1.79 bits per heavy atom. The van der Waals surface area contributed by atoms with Gasteiger partial charge in [0, 0.05) is 10.7 Å². The molecule has 0 spiro atoms. The van der Waals surface area contributed by atoms with Crippen molar-refractivity contribution in [3.05, 3.63) is 58.1 Å². The minimum Gasteiger partial charge on any atom is -0.321 e. The van der Waals surface area contributed by atoms with Gasteiger partial charge in [-0.05, 0) is 42.8 Å². The van der Waals surface area contributed by atoms with E-state index in [4.69, 9.17) is 28.5 Å². The number of hydrogen-bond acceptors (Lipinski definition) is 3. The summed E-state index contributed by atoms with van der Waals surface area (Å²) >= 11 is 12.0. The molecular weight excluding hydrogens is 399 g/mol. The molecule has 0 aliphatic heterocycles. The number of carbonyl (C=O) groups excluding carboxylic acids is 2. The molecule has 0 heterocycles. The molecule has 0 bridgehead atoms. The van der Waals surface area contributed by atoms with Crippen molar-refractivity contribution in [1.82, 2.24) is 0 Å². The molecule has 2 aromatic rings. The molecule has 6 nitrogen and oxygen atoms in total. The Kier molecular flexibility index (Phi) is 8.27. The van der Waals surface area contributed by atoms with Crippen molar-refractivity contribution in [3.63, 3.8) is 0 Å². The number of hydrogen-bond donors (Lipinski definition) is 3. The van der Waals surface area contributed by atoms with Crippen molar-refractivity contribution < 1.29 is 14.5 Å². The second kappa shape index (κ2) is 10.7. The third-order valence-corrected chi connectivity index (χ3v) is 4.47. The number of rotatable bonds is 8. The lowest BCUT2D eigenvalue weighted by Crippen LogP contribution is -3.14. The lowest BCUT2D eigenvalue weighted by atomic mass is 10.2. The third kappa shape index (κ3) is 6.86. The van der Waals surface area contributed by atoms with Gasteiger partial charge >= 0.3 is 0 Å². The molecule has 2 aromatic carbocycles. The maximum absolute atomic E-state index is 12.4. The number of halogens is 2. The number of nitrogens with zero attached hydrogens (tertiary/aromatic N) is 1. The summed E-state index contributed by atoms with van der Waals surface area (Å²) in [5.74, 6) is -0.487. The molecule has 0 fully saturated rings. The Morgan fingerprint density at radius 3 is 2.46 bits per heavy atom. The first-order valence-corrected chi connectivity index (χ1v) is 9.55. The normalized spacial score (nSPS) is 11.4. The van der Waals surface area contributed by atoms with E-state index < -0.39 is 0 Å². The van der Waals surface area contributed by atoms with E-state index in [1.165, 1.54) is 0 Å². The summed E-state index contributed by atoms with van der Waals surface area (Å²) in [6, 6.07) is 13.5. The summed E-state index contributed by atoms with van der Waals surface area (Å²) in [6.07, 6.45) is 0.817. The first-order chi connectivity index (χ1) is 13.4. The molecule has 2 amide bonds. The number of quaternary nitrogens is 1. The van der Waals surface area contributed by atoms with E-state index in [0.717, 1.165) is 11.3 Å². The van der Waals surface area contributed by atoms with E-state index >= 15 is 0 Å². The van der Waals surface area contributed by atoms with Crippen molar-refractivity contribution >= 4 is 46.4 Å². The van der Waals surface area contributed by atoms with Gasteiger partial charge in [0.1, 0.15) is 0 Å². The largest absolute Gasteiger partial charge is 0.321 e. The van der Waals surface area contributed by atoms with Gasteiger partial charge in [-0.25, -0.2) is 0 Å². The number of anilines is 2. The zero-order valence-corrected chi connectivity index (χ0v) is 16.9. The van der Waals surface area contributed by atoms with Crippen LogP contribution in [0.2, 0.25) is 10.0 Å². The monoisotopic (exact) mass is 419 g/mol. The minimum absolute atomic E-state index is 0.113. The van der Waals surface area contributed by atoms with Crippen LogP contribution in [0.5, 0.6) is 0 Å². The molecule has 0 saturated carbocycles. The van der Waals surface area contributed by atoms with Crippen LogP contribution in [-0.4, -0.2) is 31.4 Å². The van der Waals surface area contributed by atoms with E-state index in [1.54, 1.807) is 42.5 Å². The Labute approximate surface area is 174 Å². The summed E-state index contributed by atoms with van der Waals surface area (Å²) in [4.78, 5) is 25.5. The SMILES string of the molecule is CCC[NH+](CC(=O)Nc1cccc(C#N)c1)CC(=O)Nc1cc(Cl)ccc1Cl. The highest BCUT2D eigenvalue weighted by molar-refractivity contribution is 6.35. The molecule has 0 aromatic heterocycles. The molecule has 8 heteroatoms. The van der Waals surface area contributed by atoms with Gasteiger partial charge in [0.15, 0.2) is 13.1 Å². The van der Waals surface area contributed by atoms with E-state index in [9.17, 15) is 9.59 Å². The first kappa shape index (κ1) is 21.7.